The molecule has 50 heavy (non-hydrogen) atoms. The van der Waals surface area contributed by atoms with Gasteiger partial charge < -0.3 is 4.42 Å². The second-order valence-corrected chi connectivity index (χ2v) is 13.0. The lowest BCUT2D eigenvalue weighted by Crippen LogP contribution is -2.01. The predicted molar refractivity (Wildman–Crippen MR) is 205 cm³/mol. The Morgan fingerprint density at radius 3 is 2.00 bits per heavy atom. The number of oxazole rings is 1. The Kier molecular flexibility index (Phi) is 5.50. The van der Waals surface area contributed by atoms with E-state index in [1.807, 2.05) is 97.1 Å². The van der Waals surface area contributed by atoms with Gasteiger partial charge in [-0.05, 0) is 46.8 Å². The van der Waals surface area contributed by atoms with Crippen molar-refractivity contribution in [3.05, 3.63) is 158 Å². The van der Waals surface area contributed by atoms with Crippen molar-refractivity contribution in [3.63, 3.8) is 0 Å². The molecule has 0 atom stereocenters. The van der Waals surface area contributed by atoms with Crippen LogP contribution in [0.4, 0.5) is 0 Å². The van der Waals surface area contributed by atoms with E-state index in [-0.39, 0.29) is 17.2 Å². The first-order chi connectivity index (χ1) is 26.8. The highest BCUT2D eigenvalue weighted by Gasteiger charge is 2.22. The number of hydrogen-bond acceptors (Lipinski definition) is 6. The molecule has 0 bridgehead atoms. The first-order valence-electron chi connectivity index (χ1n) is 18.6. The maximum atomic E-state index is 8.85. The Labute approximate surface area is 298 Å². The van der Waals surface area contributed by atoms with Gasteiger partial charge in [0.15, 0.2) is 23.1 Å². The molecular formula is C44H26N4OS. The van der Waals surface area contributed by atoms with Crippen molar-refractivity contribution in [1.29, 1.82) is 0 Å². The molecule has 5 nitrogen and oxygen atoms in total. The minimum absolute atomic E-state index is 0.0462. The van der Waals surface area contributed by atoms with Gasteiger partial charge in [-0.15, -0.1) is 11.3 Å². The molecule has 0 aliphatic rings. The lowest BCUT2D eigenvalue weighted by molar-refractivity contribution is 0.623. The largest absolute Gasteiger partial charge is 0.435 e. The van der Waals surface area contributed by atoms with Crippen LogP contribution in [0.15, 0.2) is 162 Å². The summed E-state index contributed by atoms with van der Waals surface area (Å²) in [4.78, 5) is 19.9. The van der Waals surface area contributed by atoms with E-state index in [4.69, 9.17) is 31.2 Å². The highest BCUT2D eigenvalue weighted by molar-refractivity contribution is 7.25. The Morgan fingerprint density at radius 1 is 0.500 bits per heavy atom. The zero-order valence-electron chi connectivity index (χ0n) is 31.2. The molecule has 234 valence electrons. The molecule has 3 heterocycles. The van der Waals surface area contributed by atoms with E-state index in [0.29, 0.717) is 28.4 Å². The Morgan fingerprint density at radius 2 is 1.16 bits per heavy atom. The van der Waals surface area contributed by atoms with Gasteiger partial charge in [0.25, 0.3) is 0 Å². The Hall–Kier alpha value is -6.50. The summed E-state index contributed by atoms with van der Waals surface area (Å²) in [6.07, 6.45) is 0. The van der Waals surface area contributed by atoms with Gasteiger partial charge in [-0.25, -0.2) is 19.9 Å². The van der Waals surface area contributed by atoms with Gasteiger partial charge in [-0.3, -0.25) is 0 Å². The molecule has 0 unspecified atom stereocenters. The Balaban J connectivity index is 1.24. The van der Waals surface area contributed by atoms with Crippen LogP contribution < -0.4 is 0 Å². The summed E-state index contributed by atoms with van der Waals surface area (Å²) >= 11 is 1.66. The molecule has 10 rings (SSSR count). The van der Waals surface area contributed by atoms with Gasteiger partial charge in [0, 0.05) is 47.8 Å². The van der Waals surface area contributed by atoms with Gasteiger partial charge in [-0.1, -0.05) is 127 Å². The second kappa shape index (κ2) is 11.6. The first kappa shape index (κ1) is 23.8. The van der Waals surface area contributed by atoms with Gasteiger partial charge in [0.05, 0.1) is 6.85 Å². The lowest BCUT2D eigenvalue weighted by atomic mass is 10.0. The summed E-state index contributed by atoms with van der Waals surface area (Å²) in [5, 5.41) is 3.72. The van der Waals surface area contributed by atoms with Crippen LogP contribution in [0.2, 0.25) is 0 Å². The third-order valence-corrected chi connectivity index (χ3v) is 10.0. The third kappa shape index (κ3) is 4.77. The SMILES string of the molecule is [2H]c1c([2H])c([2H])c(-c2nc(-c3cc4ccccc4c4oc(-c5ccc(-c6ccccc6)cc5)nc34)nc(-c3cccc4sc5ccccc5c34)n2)c([2H])c1[2H]. The summed E-state index contributed by atoms with van der Waals surface area (Å²) in [6.45, 7) is 0. The average Bonchev–Trinajstić information content (AvgIpc) is 3.85. The molecule has 0 N–H and O–H groups in total. The van der Waals surface area contributed by atoms with E-state index in [1.165, 1.54) is 0 Å². The molecule has 0 saturated carbocycles. The molecular weight excluding hydrogens is 633 g/mol. The molecule has 0 radical (unpaired) electrons. The monoisotopic (exact) mass is 663 g/mol. The van der Waals surface area contributed by atoms with Crippen molar-refractivity contribution in [3.8, 4) is 56.7 Å². The second-order valence-electron chi connectivity index (χ2n) is 11.9. The number of rotatable bonds is 5. The first-order valence-corrected chi connectivity index (χ1v) is 16.9. The minimum atomic E-state index is -0.495. The number of benzene rings is 7. The van der Waals surface area contributed by atoms with E-state index >= 15 is 0 Å². The van der Waals surface area contributed by atoms with Crippen LogP contribution in [-0.4, -0.2) is 19.9 Å². The van der Waals surface area contributed by atoms with Crippen molar-refractivity contribution in [2.75, 3.05) is 0 Å². The zero-order chi connectivity index (χ0) is 37.4. The van der Waals surface area contributed by atoms with Crippen LogP contribution >= 0.6 is 11.3 Å². The standard InChI is InChI=1S/C44H26N4OS/c1-3-12-27(13-4-1)28-22-24-30(25-23-28)44-45-39-35(26-31-16-7-8-17-32(31)40(39)49-44)43-47-41(29-14-5-2-6-15-29)46-42(48-43)34-19-11-21-37-38(34)33-18-9-10-20-36(33)50-37/h1-26H/i2D,5D,6D,14D,15D. The molecule has 3 aromatic heterocycles. The van der Waals surface area contributed by atoms with Gasteiger partial charge in [-0.2, -0.15) is 0 Å². The lowest BCUT2D eigenvalue weighted by Gasteiger charge is -2.10. The molecule has 0 spiro atoms. The highest BCUT2D eigenvalue weighted by atomic mass is 32.1. The van der Waals surface area contributed by atoms with Crippen molar-refractivity contribution in [2.24, 2.45) is 0 Å². The van der Waals surface area contributed by atoms with Crippen molar-refractivity contribution >= 4 is 53.4 Å². The fourth-order valence-corrected chi connectivity index (χ4v) is 7.65. The van der Waals surface area contributed by atoms with Crippen LogP contribution in [0.3, 0.4) is 0 Å². The number of hydrogen-bond donors (Lipinski definition) is 0. The number of thiophene rings is 1. The smallest absolute Gasteiger partial charge is 0.227 e. The van der Waals surface area contributed by atoms with E-state index in [9.17, 15) is 0 Å². The molecule has 0 aliphatic carbocycles. The molecule has 6 heteroatoms. The summed E-state index contributed by atoms with van der Waals surface area (Å²) in [6, 6.07) is 39.8. The number of aromatic nitrogens is 4. The van der Waals surface area contributed by atoms with E-state index in [0.717, 1.165) is 53.2 Å². The zero-order valence-corrected chi connectivity index (χ0v) is 27.0. The molecule has 0 fully saturated rings. The van der Waals surface area contributed by atoms with Crippen LogP contribution in [0.1, 0.15) is 6.85 Å². The third-order valence-electron chi connectivity index (χ3n) is 8.87. The summed E-state index contributed by atoms with van der Waals surface area (Å²) in [5.41, 5.74) is 5.18. The van der Waals surface area contributed by atoms with Crippen LogP contribution in [0.25, 0.3) is 98.8 Å². The quantitative estimate of drug-likeness (QED) is 0.183. The molecule has 10 aromatic rings. The Bertz CT molecular complexity index is 3130. The normalized spacial score (nSPS) is 13.0. The maximum absolute atomic E-state index is 8.85. The van der Waals surface area contributed by atoms with E-state index in [1.54, 1.807) is 11.3 Å². The molecule has 7 aromatic carbocycles. The molecule has 0 saturated heterocycles. The van der Waals surface area contributed by atoms with E-state index in [2.05, 4.69) is 30.3 Å². The fourth-order valence-electron chi connectivity index (χ4n) is 6.52. The average molecular weight is 664 g/mol. The fraction of sp³-hybridized carbons (Fsp3) is 0. The highest BCUT2D eigenvalue weighted by Crippen LogP contribution is 2.41. The summed E-state index contributed by atoms with van der Waals surface area (Å²) < 4.78 is 51.5. The maximum Gasteiger partial charge on any atom is 0.227 e. The minimum Gasteiger partial charge on any atom is -0.435 e. The van der Waals surface area contributed by atoms with Crippen molar-refractivity contribution < 1.29 is 11.3 Å². The summed E-state index contributed by atoms with van der Waals surface area (Å²) in [5.74, 6) is 0.887. The molecule has 0 aliphatic heterocycles. The predicted octanol–water partition coefficient (Wildman–Crippen LogP) is 11.9. The van der Waals surface area contributed by atoms with Crippen molar-refractivity contribution in [1.82, 2.24) is 19.9 Å². The number of nitrogens with zero attached hydrogens (tertiary/aromatic N) is 4. The van der Waals surface area contributed by atoms with Gasteiger partial charge in [0.2, 0.25) is 5.89 Å². The van der Waals surface area contributed by atoms with Crippen LogP contribution in [-0.2, 0) is 0 Å². The van der Waals surface area contributed by atoms with Gasteiger partial charge in [0.1, 0.15) is 5.52 Å². The molecule has 0 amide bonds. The van der Waals surface area contributed by atoms with Crippen LogP contribution in [0, 0.1) is 0 Å². The number of fused-ring (bicyclic) bond motifs is 6. The van der Waals surface area contributed by atoms with E-state index < -0.39 is 30.2 Å². The van der Waals surface area contributed by atoms with Crippen LogP contribution in [0.5, 0.6) is 0 Å². The van der Waals surface area contributed by atoms with Gasteiger partial charge >= 0.3 is 0 Å². The summed E-state index contributed by atoms with van der Waals surface area (Å²) in [7, 11) is 0. The van der Waals surface area contributed by atoms with Crippen molar-refractivity contribution in [2.45, 2.75) is 0 Å². The topological polar surface area (TPSA) is 64.7 Å².